The van der Waals surface area contributed by atoms with Gasteiger partial charge in [0.1, 0.15) is 0 Å². The number of nitrogens with zero attached hydrogens (tertiary/aromatic N) is 6. The summed E-state index contributed by atoms with van der Waals surface area (Å²) in [5.41, 5.74) is 0. The zero-order valence-corrected chi connectivity index (χ0v) is 16.1. The smallest absolute Gasteiger partial charge is 0.168 e. The predicted octanol–water partition coefficient (Wildman–Crippen LogP) is 1.97. The van der Waals surface area contributed by atoms with Crippen LogP contribution in [0.5, 0.6) is 0 Å². The van der Waals surface area contributed by atoms with Crippen LogP contribution in [-0.2, 0) is 11.3 Å². The fourth-order valence-electron chi connectivity index (χ4n) is 4.47. The minimum atomic E-state index is 0.278. The van der Waals surface area contributed by atoms with E-state index >= 15 is 0 Å². The third-order valence-electron chi connectivity index (χ3n) is 5.80. The molecule has 1 aromatic rings. The van der Waals surface area contributed by atoms with E-state index in [0.717, 1.165) is 25.0 Å². The summed E-state index contributed by atoms with van der Waals surface area (Å²) in [6.45, 7) is 10.5. The Bertz CT molecular complexity index is 505. The highest BCUT2D eigenvalue weighted by Crippen LogP contribution is 2.29. The van der Waals surface area contributed by atoms with Crippen molar-refractivity contribution in [2.75, 3.05) is 39.9 Å². The van der Waals surface area contributed by atoms with Crippen LogP contribution in [0.25, 0.3) is 0 Å². The summed E-state index contributed by atoms with van der Waals surface area (Å²) < 4.78 is 7.12. The van der Waals surface area contributed by atoms with Crippen LogP contribution in [0.3, 0.4) is 0 Å². The fraction of sp³-hybridized carbons (Fsp3) is 0.944. The quantitative estimate of drug-likeness (QED) is 0.749. The van der Waals surface area contributed by atoms with Crippen molar-refractivity contribution in [1.82, 2.24) is 30.0 Å². The Hall–Kier alpha value is -1.05. The first-order chi connectivity index (χ1) is 12.2. The number of methoxy groups -OCH3 is 1. The average Bonchev–Trinajstić information content (AvgIpc) is 3.09. The molecule has 7 nitrogen and oxygen atoms in total. The number of tetrazole rings is 1. The fourth-order valence-corrected chi connectivity index (χ4v) is 4.47. The normalized spacial score (nSPS) is 22.6. The van der Waals surface area contributed by atoms with Gasteiger partial charge in [0.25, 0.3) is 0 Å². The van der Waals surface area contributed by atoms with Gasteiger partial charge in [-0.1, -0.05) is 33.1 Å². The SMILES string of the molecule is COCCn1nnnc1[C@H](C(C)C)N1CCN(C2CCCCC2)CC1. The lowest BCUT2D eigenvalue weighted by Gasteiger charge is -2.43. The molecule has 1 saturated carbocycles. The number of aromatic nitrogens is 4. The summed E-state index contributed by atoms with van der Waals surface area (Å²) in [7, 11) is 1.72. The molecule has 142 valence electrons. The summed E-state index contributed by atoms with van der Waals surface area (Å²) in [4.78, 5) is 5.31. The Labute approximate surface area is 151 Å². The summed E-state index contributed by atoms with van der Waals surface area (Å²) in [5, 5.41) is 12.5. The molecule has 0 amide bonds. The van der Waals surface area contributed by atoms with E-state index in [1.165, 1.54) is 45.2 Å². The average molecular weight is 351 g/mol. The van der Waals surface area contributed by atoms with Gasteiger partial charge in [-0.2, -0.15) is 0 Å². The minimum absolute atomic E-state index is 0.278. The molecule has 1 aliphatic carbocycles. The maximum absolute atomic E-state index is 5.20. The van der Waals surface area contributed by atoms with E-state index in [0.29, 0.717) is 19.1 Å². The lowest BCUT2D eigenvalue weighted by atomic mass is 9.93. The first-order valence-electron chi connectivity index (χ1n) is 9.93. The van der Waals surface area contributed by atoms with Crippen molar-refractivity contribution in [3.8, 4) is 0 Å². The maximum Gasteiger partial charge on any atom is 0.168 e. The summed E-state index contributed by atoms with van der Waals surface area (Å²) >= 11 is 0. The van der Waals surface area contributed by atoms with Crippen molar-refractivity contribution in [2.45, 2.75) is 64.6 Å². The van der Waals surface area contributed by atoms with Crippen molar-refractivity contribution in [3.63, 3.8) is 0 Å². The van der Waals surface area contributed by atoms with E-state index in [4.69, 9.17) is 4.74 Å². The molecule has 7 heteroatoms. The predicted molar refractivity (Wildman–Crippen MR) is 97.3 cm³/mol. The summed E-state index contributed by atoms with van der Waals surface area (Å²) in [5.74, 6) is 1.46. The van der Waals surface area contributed by atoms with Gasteiger partial charge >= 0.3 is 0 Å². The first kappa shape index (κ1) is 18.7. The molecule has 1 aliphatic heterocycles. The Kier molecular flexibility index (Phi) is 6.78. The molecule has 25 heavy (non-hydrogen) atoms. The van der Waals surface area contributed by atoms with E-state index in [2.05, 4.69) is 39.2 Å². The van der Waals surface area contributed by atoms with Crippen LogP contribution in [0.1, 0.15) is 57.8 Å². The molecular weight excluding hydrogens is 316 g/mol. The van der Waals surface area contributed by atoms with Crippen LogP contribution in [0.4, 0.5) is 0 Å². The van der Waals surface area contributed by atoms with Crippen LogP contribution >= 0.6 is 0 Å². The molecule has 0 N–H and O–H groups in total. The molecule has 0 spiro atoms. The van der Waals surface area contributed by atoms with Crippen molar-refractivity contribution in [1.29, 1.82) is 0 Å². The molecule has 2 aliphatic rings. The van der Waals surface area contributed by atoms with E-state index < -0.39 is 0 Å². The highest BCUT2D eigenvalue weighted by Gasteiger charge is 2.33. The Morgan fingerprint density at radius 3 is 2.44 bits per heavy atom. The van der Waals surface area contributed by atoms with E-state index in [9.17, 15) is 0 Å². The first-order valence-corrected chi connectivity index (χ1v) is 9.93. The van der Waals surface area contributed by atoms with Crippen molar-refractivity contribution < 1.29 is 4.74 Å². The standard InChI is InChI=1S/C18H34N6O/c1-15(2)17(18-19-20-21-24(18)13-14-25-3)23-11-9-22(10-12-23)16-7-5-4-6-8-16/h15-17H,4-14H2,1-3H3/t17-/m0/s1. The third-order valence-corrected chi connectivity index (χ3v) is 5.80. The monoisotopic (exact) mass is 350 g/mol. The molecule has 0 unspecified atom stereocenters. The molecule has 0 bridgehead atoms. The van der Waals surface area contributed by atoms with E-state index in [1.54, 1.807) is 7.11 Å². The molecule has 1 saturated heterocycles. The number of ether oxygens (including phenoxy) is 1. The molecule has 3 rings (SSSR count). The molecule has 2 heterocycles. The van der Waals surface area contributed by atoms with Gasteiger partial charge in [0.15, 0.2) is 5.82 Å². The zero-order chi connectivity index (χ0) is 17.6. The zero-order valence-electron chi connectivity index (χ0n) is 16.1. The largest absolute Gasteiger partial charge is 0.383 e. The maximum atomic E-state index is 5.20. The van der Waals surface area contributed by atoms with Crippen molar-refractivity contribution in [2.24, 2.45) is 5.92 Å². The molecular formula is C18H34N6O. The molecule has 1 atom stereocenters. The molecule has 0 aromatic carbocycles. The van der Waals surface area contributed by atoms with Crippen molar-refractivity contribution in [3.05, 3.63) is 5.82 Å². The van der Waals surface area contributed by atoms with Gasteiger partial charge in [0.05, 0.1) is 19.2 Å². The van der Waals surface area contributed by atoms with Gasteiger partial charge in [-0.05, 0) is 29.2 Å². The van der Waals surface area contributed by atoms with Gasteiger partial charge in [0, 0.05) is 39.3 Å². The lowest BCUT2D eigenvalue weighted by molar-refractivity contribution is 0.0388. The second-order valence-electron chi connectivity index (χ2n) is 7.81. The number of hydrogen-bond acceptors (Lipinski definition) is 6. The summed E-state index contributed by atoms with van der Waals surface area (Å²) in [6.07, 6.45) is 7.03. The van der Waals surface area contributed by atoms with E-state index in [-0.39, 0.29) is 6.04 Å². The van der Waals surface area contributed by atoms with Gasteiger partial charge in [0.2, 0.25) is 0 Å². The van der Waals surface area contributed by atoms with Crippen LogP contribution in [0.15, 0.2) is 0 Å². The number of piperazine rings is 1. The van der Waals surface area contributed by atoms with Crippen LogP contribution in [0.2, 0.25) is 0 Å². The summed E-state index contributed by atoms with van der Waals surface area (Å²) in [6, 6.07) is 1.10. The van der Waals surface area contributed by atoms with Crippen LogP contribution in [-0.4, -0.2) is 75.9 Å². The Morgan fingerprint density at radius 2 is 1.80 bits per heavy atom. The van der Waals surface area contributed by atoms with Crippen LogP contribution < -0.4 is 0 Å². The minimum Gasteiger partial charge on any atom is -0.383 e. The van der Waals surface area contributed by atoms with Gasteiger partial charge in [-0.3, -0.25) is 9.80 Å². The number of rotatable bonds is 7. The topological polar surface area (TPSA) is 59.3 Å². The third kappa shape index (κ3) is 4.57. The van der Waals surface area contributed by atoms with Crippen molar-refractivity contribution >= 4 is 0 Å². The van der Waals surface area contributed by atoms with Crippen LogP contribution in [0, 0.1) is 5.92 Å². The Morgan fingerprint density at radius 1 is 1.08 bits per heavy atom. The molecule has 0 radical (unpaired) electrons. The van der Waals surface area contributed by atoms with Gasteiger partial charge < -0.3 is 4.74 Å². The highest BCUT2D eigenvalue weighted by atomic mass is 16.5. The van der Waals surface area contributed by atoms with Gasteiger partial charge in [-0.25, -0.2) is 4.68 Å². The molecule has 1 aromatic heterocycles. The van der Waals surface area contributed by atoms with E-state index in [1.807, 2.05) is 4.68 Å². The van der Waals surface area contributed by atoms with Gasteiger partial charge in [-0.15, -0.1) is 5.10 Å². The highest BCUT2D eigenvalue weighted by molar-refractivity contribution is 4.97. The lowest BCUT2D eigenvalue weighted by Crippen LogP contribution is -2.52. The molecule has 2 fully saturated rings. The second-order valence-corrected chi connectivity index (χ2v) is 7.81. The number of hydrogen-bond donors (Lipinski definition) is 0. The second kappa shape index (κ2) is 9.05. The Balaban J connectivity index is 1.63.